The van der Waals surface area contributed by atoms with Crippen molar-refractivity contribution in [3.05, 3.63) is 87.5 Å². The first-order valence-corrected chi connectivity index (χ1v) is 17.3. The van der Waals surface area contributed by atoms with E-state index in [2.05, 4.69) is 26.1 Å². The second kappa shape index (κ2) is 12.9. The number of nitrogens with one attached hydrogen (secondary N) is 4. The fourth-order valence-electron chi connectivity index (χ4n) is 7.53. The topological polar surface area (TPSA) is 224 Å². The number of phenolic OH excluding ortho intramolecular Hbond substituents is 2. The van der Waals surface area contributed by atoms with Crippen LogP contribution in [0.3, 0.4) is 0 Å². The van der Waals surface area contributed by atoms with Gasteiger partial charge in [-0.25, -0.2) is 19.3 Å². The Morgan fingerprint density at radius 2 is 1.83 bits per heavy atom. The molecule has 54 heavy (non-hydrogen) atoms. The van der Waals surface area contributed by atoms with Gasteiger partial charge in [0.2, 0.25) is 17.7 Å². The Kier molecular flexibility index (Phi) is 8.19. The molecule has 0 aliphatic carbocycles. The highest BCUT2D eigenvalue weighted by atomic mass is 16.3. The molecular formula is C37H35N9O8. The highest BCUT2D eigenvalue weighted by Crippen LogP contribution is 2.43. The van der Waals surface area contributed by atoms with Gasteiger partial charge in [0.15, 0.2) is 5.82 Å². The quantitative estimate of drug-likeness (QED) is 0.135. The minimum Gasteiger partial charge on any atom is -0.508 e. The van der Waals surface area contributed by atoms with Gasteiger partial charge < -0.3 is 35.2 Å². The van der Waals surface area contributed by atoms with Crippen LogP contribution in [0.4, 0.5) is 10.5 Å². The van der Waals surface area contributed by atoms with E-state index in [9.17, 15) is 39.0 Å². The van der Waals surface area contributed by atoms with Crippen LogP contribution >= 0.6 is 0 Å². The van der Waals surface area contributed by atoms with Crippen molar-refractivity contribution in [3.63, 3.8) is 0 Å². The van der Waals surface area contributed by atoms with Crippen LogP contribution < -0.4 is 21.6 Å². The summed E-state index contributed by atoms with van der Waals surface area (Å²) in [4.78, 5) is 79.0. The highest BCUT2D eigenvalue weighted by molar-refractivity contribution is 6.07. The molecular weight excluding hydrogens is 698 g/mol. The Morgan fingerprint density at radius 1 is 1.02 bits per heavy atom. The third-order valence-electron chi connectivity index (χ3n) is 10.4. The number of aromatic amines is 1. The number of likely N-dealkylation sites (N-methyl/N-ethyl adjacent to an activating group) is 1. The van der Waals surface area contributed by atoms with Crippen LogP contribution in [0.5, 0.6) is 11.5 Å². The lowest BCUT2D eigenvalue weighted by Crippen LogP contribution is -2.52. The number of phenols is 2. The number of nitrogens with zero attached hydrogens (tertiary/aromatic N) is 5. The summed E-state index contributed by atoms with van der Waals surface area (Å²) in [7, 11) is 1.60. The molecule has 17 heteroatoms. The Hall–Kier alpha value is -6.91. The SMILES string of the molecule is CC1c2cc(c(O)cc2O)-c2n[nH]c(=O)n2-c2ccc3c(c2)c1cn3CCN(C)C(=O)NCC(=O)Nc1cccc2c1CN(C1CCC(=O)NC1=O)C2=O. The number of urea groups is 1. The molecule has 6 amide bonds. The molecule has 1 saturated heterocycles. The summed E-state index contributed by atoms with van der Waals surface area (Å²) in [6.07, 6.45) is 2.28. The number of hydrogen-bond donors (Lipinski definition) is 6. The number of piperidine rings is 1. The molecule has 276 valence electrons. The summed E-state index contributed by atoms with van der Waals surface area (Å²) in [6, 6.07) is 12.0. The first-order valence-electron chi connectivity index (χ1n) is 17.3. The average Bonchev–Trinajstić information content (AvgIpc) is 3.82. The Labute approximate surface area is 306 Å². The minimum atomic E-state index is -0.791. The van der Waals surface area contributed by atoms with E-state index in [1.165, 1.54) is 20.4 Å². The fraction of sp³-hybridized carbons (Fsp3) is 0.270. The number of aromatic hydroxyl groups is 2. The molecule has 1 fully saturated rings. The summed E-state index contributed by atoms with van der Waals surface area (Å²) in [5.41, 5.74) is 3.83. The van der Waals surface area contributed by atoms with Gasteiger partial charge in [-0.2, -0.15) is 5.10 Å². The molecule has 6 N–H and O–H groups in total. The van der Waals surface area contributed by atoms with Crippen LogP contribution in [0.15, 0.2) is 59.5 Å². The second-order valence-corrected chi connectivity index (χ2v) is 13.7. The standard InChI is InChI=1S/C37H35N9O8/c1-18-21-13-23(30(48)14-29(21)47)33-41-42-37(54)46(33)19-6-7-27-22(12-19)24(18)16-44(27)11-10-43(2)36(53)38-15-32(50)39-26-5-3-4-20-25(26)17-45(35(20)52)28-8-9-31(49)40-34(28)51/h3-7,12-14,16,18,28,47-48H,8-11,15,17H2,1-2H3,(H,38,53)(H,39,50)(H,42,54)(H,40,49,51). The number of imide groups is 1. The van der Waals surface area contributed by atoms with Crippen molar-refractivity contribution < 1.29 is 34.2 Å². The summed E-state index contributed by atoms with van der Waals surface area (Å²) in [6.45, 7) is 2.30. The largest absolute Gasteiger partial charge is 0.508 e. The van der Waals surface area contributed by atoms with Crippen molar-refractivity contribution in [2.75, 3.05) is 25.5 Å². The van der Waals surface area contributed by atoms with E-state index in [1.807, 2.05) is 29.8 Å². The van der Waals surface area contributed by atoms with Crippen LogP contribution in [-0.4, -0.2) is 95.2 Å². The number of amides is 6. The number of aromatic nitrogens is 4. The maximum Gasteiger partial charge on any atom is 0.348 e. The van der Waals surface area contributed by atoms with Gasteiger partial charge in [0.05, 0.1) is 17.8 Å². The van der Waals surface area contributed by atoms with E-state index >= 15 is 0 Å². The van der Waals surface area contributed by atoms with Gasteiger partial charge in [-0.05, 0) is 48.4 Å². The zero-order valence-electron chi connectivity index (χ0n) is 29.2. The summed E-state index contributed by atoms with van der Waals surface area (Å²) in [5, 5.41) is 36.6. The van der Waals surface area contributed by atoms with Crippen LogP contribution in [-0.2, 0) is 27.5 Å². The van der Waals surface area contributed by atoms with Crippen LogP contribution in [0.2, 0.25) is 0 Å². The first-order chi connectivity index (χ1) is 25.9. The molecule has 2 aromatic heterocycles. The molecule has 5 heterocycles. The monoisotopic (exact) mass is 733 g/mol. The Bertz CT molecular complexity index is 2500. The average molecular weight is 734 g/mol. The van der Waals surface area contributed by atoms with Gasteiger partial charge in [0.25, 0.3) is 5.91 Å². The van der Waals surface area contributed by atoms with Crippen molar-refractivity contribution in [1.29, 1.82) is 0 Å². The van der Waals surface area contributed by atoms with Crippen molar-refractivity contribution in [3.8, 4) is 28.6 Å². The van der Waals surface area contributed by atoms with Gasteiger partial charge in [-0.1, -0.05) is 13.0 Å². The highest BCUT2D eigenvalue weighted by Gasteiger charge is 2.40. The summed E-state index contributed by atoms with van der Waals surface area (Å²) in [5.74, 6) is -2.24. The van der Waals surface area contributed by atoms with Gasteiger partial charge in [0, 0.05) is 84.6 Å². The lowest BCUT2D eigenvalue weighted by Gasteiger charge is -2.29. The van der Waals surface area contributed by atoms with E-state index in [-0.39, 0.29) is 73.1 Å². The third-order valence-corrected chi connectivity index (χ3v) is 10.4. The van der Waals surface area contributed by atoms with E-state index in [0.29, 0.717) is 34.6 Å². The number of carbonyl (C=O) groups excluding carboxylic acids is 5. The van der Waals surface area contributed by atoms with E-state index in [4.69, 9.17) is 0 Å². The summed E-state index contributed by atoms with van der Waals surface area (Å²) < 4.78 is 3.34. The molecule has 3 aliphatic rings. The van der Waals surface area contributed by atoms with Gasteiger partial charge >= 0.3 is 11.7 Å². The number of carbonyl (C=O) groups is 5. The van der Waals surface area contributed by atoms with Crippen LogP contribution in [0, 0.1) is 0 Å². The van der Waals surface area contributed by atoms with E-state index in [1.54, 1.807) is 37.4 Å². The predicted octanol–water partition coefficient (Wildman–Crippen LogP) is 2.10. The van der Waals surface area contributed by atoms with E-state index < -0.39 is 29.6 Å². The van der Waals surface area contributed by atoms with Gasteiger partial charge in [-0.15, -0.1) is 0 Å². The molecule has 17 nitrogen and oxygen atoms in total. The normalized spacial score (nSPS) is 17.3. The lowest BCUT2D eigenvalue weighted by molar-refractivity contribution is -0.137. The summed E-state index contributed by atoms with van der Waals surface area (Å²) >= 11 is 0. The molecule has 0 spiro atoms. The molecule has 8 rings (SSSR count). The van der Waals surface area contributed by atoms with E-state index in [0.717, 1.165) is 16.5 Å². The second-order valence-electron chi connectivity index (χ2n) is 13.7. The van der Waals surface area contributed by atoms with Crippen molar-refractivity contribution in [2.24, 2.45) is 0 Å². The predicted molar refractivity (Wildman–Crippen MR) is 193 cm³/mol. The molecule has 0 saturated carbocycles. The molecule has 0 radical (unpaired) electrons. The zero-order chi connectivity index (χ0) is 38.0. The molecule has 3 aliphatic heterocycles. The lowest BCUT2D eigenvalue weighted by atomic mass is 9.90. The molecule has 3 aromatic carbocycles. The maximum atomic E-state index is 13.1. The molecule has 4 bridgehead atoms. The number of rotatable bonds is 7. The molecule has 5 aromatic rings. The Balaban J connectivity index is 0.941. The first kappa shape index (κ1) is 34.2. The number of anilines is 1. The van der Waals surface area contributed by atoms with Crippen molar-refractivity contribution in [2.45, 2.75) is 44.8 Å². The number of fused-ring (bicyclic) bond motifs is 7. The maximum absolute atomic E-state index is 13.1. The van der Waals surface area contributed by atoms with Crippen molar-refractivity contribution >= 4 is 46.3 Å². The third kappa shape index (κ3) is 5.69. The zero-order valence-corrected chi connectivity index (χ0v) is 29.2. The number of H-pyrrole nitrogens is 1. The smallest absolute Gasteiger partial charge is 0.348 e. The van der Waals surface area contributed by atoms with Crippen LogP contribution in [0.25, 0.3) is 28.0 Å². The number of hydrogen-bond acceptors (Lipinski definition) is 9. The number of benzene rings is 3. The molecule has 2 unspecified atom stereocenters. The van der Waals surface area contributed by atoms with Gasteiger partial charge in [0.1, 0.15) is 17.5 Å². The van der Waals surface area contributed by atoms with Gasteiger partial charge in [-0.3, -0.25) is 24.5 Å². The Morgan fingerprint density at radius 3 is 2.63 bits per heavy atom. The van der Waals surface area contributed by atoms with Crippen molar-refractivity contribution in [1.82, 2.24) is 39.8 Å². The minimum absolute atomic E-state index is 0.0852. The molecule has 2 atom stereocenters. The van der Waals surface area contributed by atoms with Crippen LogP contribution in [0.1, 0.15) is 52.7 Å². The fourth-order valence-corrected chi connectivity index (χ4v) is 7.53.